The zero-order chi connectivity index (χ0) is 18.0. The molecule has 26 heavy (non-hydrogen) atoms. The highest BCUT2D eigenvalue weighted by Crippen LogP contribution is 2.45. The molecule has 1 amide bonds. The Hall–Kier alpha value is -2.79. The minimum absolute atomic E-state index is 0.0394. The zero-order valence-electron chi connectivity index (χ0n) is 14.3. The number of aromatic nitrogens is 1. The Labute approximate surface area is 156 Å². The van der Waals surface area contributed by atoms with E-state index in [2.05, 4.69) is 28.5 Å². The Morgan fingerprint density at radius 2 is 1.85 bits per heavy atom. The Kier molecular flexibility index (Phi) is 4.39. The fourth-order valence-corrected chi connectivity index (χ4v) is 4.40. The van der Waals surface area contributed by atoms with Gasteiger partial charge in [0.15, 0.2) is 0 Å². The summed E-state index contributed by atoms with van der Waals surface area (Å²) in [6, 6.07) is 20.1. The number of nitrogens with one attached hydrogen (secondary N) is 1. The molecule has 1 unspecified atom stereocenters. The Balaban J connectivity index is 1.81. The molecule has 2 aromatic carbocycles. The molecule has 0 radical (unpaired) electrons. The van der Waals surface area contributed by atoms with Gasteiger partial charge in [-0.3, -0.25) is 9.78 Å². The second kappa shape index (κ2) is 6.84. The van der Waals surface area contributed by atoms with Crippen molar-refractivity contribution in [2.24, 2.45) is 0 Å². The number of amides is 1. The lowest BCUT2D eigenvalue weighted by Crippen LogP contribution is -2.38. The van der Waals surface area contributed by atoms with Gasteiger partial charge in [0.25, 0.3) is 0 Å². The number of hydrogen-bond acceptors (Lipinski definition) is 4. The summed E-state index contributed by atoms with van der Waals surface area (Å²) in [6.07, 6.45) is 3.61. The quantitative estimate of drug-likeness (QED) is 0.767. The van der Waals surface area contributed by atoms with Crippen LogP contribution in [0, 0.1) is 0 Å². The van der Waals surface area contributed by atoms with E-state index in [9.17, 15) is 4.79 Å². The van der Waals surface area contributed by atoms with Gasteiger partial charge < -0.3 is 10.1 Å². The molecular weight excluding hydrogens is 344 g/mol. The van der Waals surface area contributed by atoms with E-state index in [0.29, 0.717) is 5.75 Å². The topological polar surface area (TPSA) is 51.2 Å². The summed E-state index contributed by atoms with van der Waals surface area (Å²) in [4.78, 5) is 15.7. The first-order valence-corrected chi connectivity index (χ1v) is 9.30. The molecule has 5 heteroatoms. The van der Waals surface area contributed by atoms with Crippen molar-refractivity contribution in [3.8, 4) is 16.9 Å². The highest BCUT2D eigenvalue weighted by molar-refractivity contribution is 8.01. The summed E-state index contributed by atoms with van der Waals surface area (Å²) < 4.78 is 5.27. The number of nitrogens with zero attached hydrogens (tertiary/aromatic N) is 1. The third kappa shape index (κ3) is 2.95. The fraction of sp³-hybridized carbons (Fsp3) is 0.143. The molecular formula is C21H18N2O2S. The van der Waals surface area contributed by atoms with Crippen LogP contribution < -0.4 is 10.1 Å². The van der Waals surface area contributed by atoms with Crippen LogP contribution in [0.15, 0.2) is 73.1 Å². The van der Waals surface area contributed by atoms with Gasteiger partial charge in [-0.15, -0.1) is 11.8 Å². The standard InChI is InChI=1S/C21H18N2O2S/c1-25-19-9-7-17(8-10-19)21(23-20(24)14-26-21)18-6-2-4-15(12-18)16-5-3-11-22-13-16/h2-13H,14H2,1H3,(H,23,24). The van der Waals surface area contributed by atoms with Crippen molar-refractivity contribution in [3.63, 3.8) is 0 Å². The molecule has 1 N–H and O–H groups in total. The smallest absolute Gasteiger partial charge is 0.231 e. The molecule has 1 fully saturated rings. The van der Waals surface area contributed by atoms with E-state index >= 15 is 0 Å². The van der Waals surface area contributed by atoms with E-state index < -0.39 is 4.87 Å². The SMILES string of the molecule is COc1ccc(C2(c3cccc(-c4cccnc4)c3)NC(=O)CS2)cc1. The van der Waals surface area contributed by atoms with Crippen LogP contribution in [0.1, 0.15) is 11.1 Å². The van der Waals surface area contributed by atoms with E-state index in [1.54, 1.807) is 25.1 Å². The molecule has 1 aliphatic rings. The molecule has 0 bridgehead atoms. The van der Waals surface area contributed by atoms with Crippen molar-refractivity contribution in [3.05, 3.63) is 84.2 Å². The zero-order valence-corrected chi connectivity index (χ0v) is 15.1. The molecule has 130 valence electrons. The maximum Gasteiger partial charge on any atom is 0.231 e. The van der Waals surface area contributed by atoms with Crippen molar-refractivity contribution in [1.82, 2.24) is 10.3 Å². The van der Waals surface area contributed by atoms with Gasteiger partial charge in [0.1, 0.15) is 10.6 Å². The fourth-order valence-electron chi connectivity index (χ4n) is 3.20. The summed E-state index contributed by atoms with van der Waals surface area (Å²) in [5, 5.41) is 3.18. The van der Waals surface area contributed by atoms with Crippen LogP contribution in [0.5, 0.6) is 5.75 Å². The van der Waals surface area contributed by atoms with Gasteiger partial charge in [0, 0.05) is 12.4 Å². The van der Waals surface area contributed by atoms with Gasteiger partial charge in [0.05, 0.1) is 12.9 Å². The summed E-state index contributed by atoms with van der Waals surface area (Å²) in [6.45, 7) is 0. The number of thioether (sulfide) groups is 1. The maximum atomic E-state index is 12.1. The van der Waals surface area contributed by atoms with Crippen LogP contribution in [0.25, 0.3) is 11.1 Å². The van der Waals surface area contributed by atoms with Crippen LogP contribution in [0.2, 0.25) is 0 Å². The second-order valence-electron chi connectivity index (χ2n) is 6.07. The molecule has 1 atom stereocenters. The molecule has 2 heterocycles. The van der Waals surface area contributed by atoms with E-state index in [1.807, 2.05) is 48.7 Å². The molecule has 0 saturated carbocycles. The van der Waals surface area contributed by atoms with Gasteiger partial charge in [0.2, 0.25) is 5.91 Å². The predicted octanol–water partition coefficient (Wildman–Crippen LogP) is 3.82. The van der Waals surface area contributed by atoms with E-state index in [-0.39, 0.29) is 5.91 Å². The highest BCUT2D eigenvalue weighted by Gasteiger charge is 2.42. The monoisotopic (exact) mass is 362 g/mol. The predicted molar refractivity (Wildman–Crippen MR) is 104 cm³/mol. The van der Waals surface area contributed by atoms with E-state index in [4.69, 9.17) is 4.74 Å². The molecule has 4 rings (SSSR count). The maximum absolute atomic E-state index is 12.1. The Morgan fingerprint density at radius 1 is 1.04 bits per heavy atom. The van der Waals surface area contributed by atoms with Gasteiger partial charge >= 0.3 is 0 Å². The molecule has 1 saturated heterocycles. The van der Waals surface area contributed by atoms with Gasteiger partial charge in [-0.2, -0.15) is 0 Å². The van der Waals surface area contributed by atoms with Gasteiger partial charge in [-0.1, -0.05) is 36.4 Å². The summed E-state index contributed by atoms with van der Waals surface area (Å²) >= 11 is 1.60. The first kappa shape index (κ1) is 16.7. The van der Waals surface area contributed by atoms with Crippen molar-refractivity contribution in [2.75, 3.05) is 12.9 Å². The van der Waals surface area contributed by atoms with Crippen LogP contribution in [-0.4, -0.2) is 23.8 Å². The summed E-state index contributed by atoms with van der Waals surface area (Å²) in [7, 11) is 1.65. The van der Waals surface area contributed by atoms with Crippen LogP contribution >= 0.6 is 11.8 Å². The number of carbonyl (C=O) groups is 1. The largest absolute Gasteiger partial charge is 0.497 e. The van der Waals surface area contributed by atoms with Crippen molar-refractivity contribution in [1.29, 1.82) is 0 Å². The number of methoxy groups -OCH3 is 1. The number of carbonyl (C=O) groups excluding carboxylic acids is 1. The first-order valence-electron chi connectivity index (χ1n) is 8.32. The lowest BCUT2D eigenvalue weighted by atomic mass is 9.94. The first-order chi connectivity index (χ1) is 12.7. The van der Waals surface area contributed by atoms with Crippen LogP contribution in [0.3, 0.4) is 0 Å². The molecule has 4 nitrogen and oxygen atoms in total. The number of ether oxygens (including phenoxy) is 1. The third-order valence-corrected chi connectivity index (χ3v) is 5.91. The van der Waals surface area contributed by atoms with Gasteiger partial charge in [-0.05, 0) is 46.5 Å². The second-order valence-corrected chi connectivity index (χ2v) is 7.26. The lowest BCUT2D eigenvalue weighted by Gasteiger charge is -2.30. The van der Waals surface area contributed by atoms with E-state index in [1.165, 1.54) is 0 Å². The van der Waals surface area contributed by atoms with Crippen molar-refractivity contribution < 1.29 is 9.53 Å². The van der Waals surface area contributed by atoms with Crippen LogP contribution in [-0.2, 0) is 9.67 Å². The lowest BCUT2D eigenvalue weighted by molar-refractivity contribution is -0.118. The van der Waals surface area contributed by atoms with E-state index in [0.717, 1.165) is 28.0 Å². The highest BCUT2D eigenvalue weighted by atomic mass is 32.2. The Bertz CT molecular complexity index is 928. The molecule has 1 aromatic heterocycles. The van der Waals surface area contributed by atoms with Crippen molar-refractivity contribution in [2.45, 2.75) is 4.87 Å². The molecule has 1 aliphatic heterocycles. The average Bonchev–Trinajstić information content (AvgIpc) is 3.12. The Morgan fingerprint density at radius 3 is 2.50 bits per heavy atom. The number of hydrogen-bond donors (Lipinski definition) is 1. The van der Waals surface area contributed by atoms with Crippen molar-refractivity contribution >= 4 is 17.7 Å². The normalized spacial score (nSPS) is 19.2. The third-order valence-electron chi connectivity index (χ3n) is 4.50. The van der Waals surface area contributed by atoms with Crippen LogP contribution in [0.4, 0.5) is 0 Å². The molecule has 0 spiro atoms. The molecule has 0 aliphatic carbocycles. The number of benzene rings is 2. The minimum Gasteiger partial charge on any atom is -0.497 e. The number of pyridine rings is 1. The average molecular weight is 362 g/mol. The number of rotatable bonds is 4. The summed E-state index contributed by atoms with van der Waals surface area (Å²) in [5.74, 6) is 1.27. The summed E-state index contributed by atoms with van der Waals surface area (Å²) in [5.41, 5.74) is 4.19. The minimum atomic E-state index is -0.596. The van der Waals surface area contributed by atoms with Gasteiger partial charge in [-0.25, -0.2) is 0 Å². The molecule has 3 aromatic rings.